The molecule has 0 amide bonds. The number of imidazole rings is 1. The number of anilines is 2. The molecule has 0 spiro atoms. The van der Waals surface area contributed by atoms with Crippen LogP contribution < -0.4 is 5.32 Å². The second kappa shape index (κ2) is 5.38. The molecule has 0 bridgehead atoms. The fraction of sp³-hybridized carbons (Fsp3) is 0.0588. The third kappa shape index (κ3) is 2.43. The van der Waals surface area contributed by atoms with Crippen LogP contribution in [0.4, 0.5) is 11.5 Å². The average Bonchev–Trinajstić information content (AvgIpc) is 3.34. The number of nitrogens with zero attached hydrogens (tertiary/aromatic N) is 4. The predicted molar refractivity (Wildman–Crippen MR) is 99.1 cm³/mol. The van der Waals surface area contributed by atoms with Gasteiger partial charge in [0, 0.05) is 5.69 Å². The molecule has 1 aromatic carbocycles. The maximum absolute atomic E-state index is 4.69. The highest BCUT2D eigenvalue weighted by Gasteiger charge is 2.12. The highest BCUT2D eigenvalue weighted by Crippen LogP contribution is 2.28. The molecule has 0 unspecified atom stereocenters. The van der Waals surface area contributed by atoms with E-state index in [4.69, 9.17) is 0 Å². The minimum atomic E-state index is 0.685. The molecule has 0 radical (unpaired) electrons. The minimum absolute atomic E-state index is 0.685. The van der Waals surface area contributed by atoms with Gasteiger partial charge in [-0.1, -0.05) is 6.07 Å². The third-order valence-corrected chi connectivity index (χ3v) is 4.77. The Morgan fingerprint density at radius 2 is 2.04 bits per heavy atom. The maximum Gasteiger partial charge on any atom is 0.172 e. The summed E-state index contributed by atoms with van der Waals surface area (Å²) in [5, 5.41) is 12.5. The molecule has 5 rings (SSSR count). The Balaban J connectivity index is 1.62. The first-order valence-electron chi connectivity index (χ1n) is 7.75. The number of nitrogens with one attached hydrogen (secondary N) is 3. The van der Waals surface area contributed by atoms with Crippen molar-refractivity contribution in [2.45, 2.75) is 6.92 Å². The molecule has 0 aliphatic heterocycles. The molecular formula is C17H13N7S. The van der Waals surface area contributed by atoms with E-state index in [-0.39, 0.29) is 0 Å². The number of rotatable bonds is 3. The molecule has 122 valence electrons. The van der Waals surface area contributed by atoms with Crippen LogP contribution in [-0.2, 0) is 0 Å². The Kier molecular flexibility index (Phi) is 3.04. The van der Waals surface area contributed by atoms with Crippen molar-refractivity contribution in [3.63, 3.8) is 0 Å². The summed E-state index contributed by atoms with van der Waals surface area (Å²) in [6.45, 7) is 1.94. The number of benzene rings is 1. The first-order chi connectivity index (χ1) is 12.3. The van der Waals surface area contributed by atoms with E-state index in [9.17, 15) is 0 Å². The van der Waals surface area contributed by atoms with E-state index < -0.39 is 0 Å². The van der Waals surface area contributed by atoms with Gasteiger partial charge < -0.3 is 10.3 Å². The fourth-order valence-electron chi connectivity index (χ4n) is 2.80. The zero-order valence-corrected chi connectivity index (χ0v) is 14.1. The van der Waals surface area contributed by atoms with Crippen LogP contribution in [0.1, 0.15) is 5.82 Å². The molecule has 0 atom stereocenters. The Bertz CT molecular complexity index is 1190. The van der Waals surface area contributed by atoms with Gasteiger partial charge in [0.25, 0.3) is 0 Å². The highest BCUT2D eigenvalue weighted by atomic mass is 32.1. The second-order valence-electron chi connectivity index (χ2n) is 5.68. The predicted octanol–water partition coefficient (Wildman–Crippen LogP) is 4.01. The van der Waals surface area contributed by atoms with Crippen LogP contribution in [0, 0.1) is 6.92 Å². The zero-order chi connectivity index (χ0) is 16.8. The number of fused-ring (bicyclic) bond motifs is 2. The smallest absolute Gasteiger partial charge is 0.172 e. The van der Waals surface area contributed by atoms with Crippen LogP contribution in [-0.4, -0.2) is 30.1 Å². The molecule has 8 heteroatoms. The topological polar surface area (TPSA) is 95.2 Å². The summed E-state index contributed by atoms with van der Waals surface area (Å²) in [6, 6.07) is 9.98. The van der Waals surface area contributed by atoms with Crippen LogP contribution in [0.15, 0.2) is 41.9 Å². The van der Waals surface area contributed by atoms with Crippen molar-refractivity contribution >= 4 is 44.9 Å². The van der Waals surface area contributed by atoms with Gasteiger partial charge >= 0.3 is 0 Å². The van der Waals surface area contributed by atoms with E-state index in [0.717, 1.165) is 38.5 Å². The molecule has 5 aromatic rings. The number of H-pyrrole nitrogens is 2. The third-order valence-electron chi connectivity index (χ3n) is 3.90. The van der Waals surface area contributed by atoms with Gasteiger partial charge in [0.2, 0.25) is 0 Å². The summed E-state index contributed by atoms with van der Waals surface area (Å²) in [5.41, 5.74) is 4.40. The van der Waals surface area contributed by atoms with Crippen molar-refractivity contribution in [1.82, 2.24) is 30.1 Å². The summed E-state index contributed by atoms with van der Waals surface area (Å²) >= 11 is 1.61. The average molecular weight is 347 g/mol. The number of aryl methyl sites for hydroxylation is 1. The summed E-state index contributed by atoms with van der Waals surface area (Å²) in [7, 11) is 0. The van der Waals surface area contributed by atoms with Gasteiger partial charge in [-0.05, 0) is 36.6 Å². The molecule has 3 N–H and O–H groups in total. The summed E-state index contributed by atoms with van der Waals surface area (Å²) in [5.74, 6) is 2.27. The Morgan fingerprint density at radius 3 is 2.92 bits per heavy atom. The molecule has 4 aromatic heterocycles. The quantitative estimate of drug-likeness (QED) is 0.458. The number of aromatic nitrogens is 6. The molecule has 7 nitrogen and oxygen atoms in total. The van der Waals surface area contributed by atoms with Crippen molar-refractivity contribution in [2.75, 3.05) is 5.32 Å². The highest BCUT2D eigenvalue weighted by molar-refractivity contribution is 7.13. The van der Waals surface area contributed by atoms with E-state index in [0.29, 0.717) is 11.6 Å². The van der Waals surface area contributed by atoms with Gasteiger partial charge in [-0.15, -0.1) is 11.3 Å². The number of hydrogen-bond donors (Lipinski definition) is 3. The maximum atomic E-state index is 4.69. The number of thiophene rings is 1. The monoisotopic (exact) mass is 347 g/mol. The standard InChI is InChI=1S/C17H13N7S/c1-9-19-11-5-4-10(7-12(11)20-9)21-17-15-13(8-18-24-15)22-16(23-17)14-3-2-6-25-14/h2-8H,1H3,(H,18,24)(H,19,20)(H,21,22,23). The van der Waals surface area contributed by atoms with Crippen LogP contribution in [0.25, 0.3) is 32.8 Å². The first-order valence-corrected chi connectivity index (χ1v) is 8.62. The van der Waals surface area contributed by atoms with E-state index in [1.165, 1.54) is 0 Å². The van der Waals surface area contributed by atoms with E-state index >= 15 is 0 Å². The van der Waals surface area contributed by atoms with Crippen LogP contribution in [0.3, 0.4) is 0 Å². The van der Waals surface area contributed by atoms with Gasteiger partial charge in [-0.25, -0.2) is 15.0 Å². The van der Waals surface area contributed by atoms with Gasteiger partial charge in [0.1, 0.15) is 16.9 Å². The lowest BCUT2D eigenvalue weighted by Crippen LogP contribution is -1.98. The zero-order valence-electron chi connectivity index (χ0n) is 13.2. The lowest BCUT2D eigenvalue weighted by molar-refractivity contribution is 1.11. The van der Waals surface area contributed by atoms with Crippen molar-refractivity contribution in [2.24, 2.45) is 0 Å². The fourth-order valence-corrected chi connectivity index (χ4v) is 3.46. The first kappa shape index (κ1) is 14.1. The summed E-state index contributed by atoms with van der Waals surface area (Å²) < 4.78 is 0. The van der Waals surface area contributed by atoms with E-state index in [2.05, 4.69) is 35.5 Å². The van der Waals surface area contributed by atoms with Crippen molar-refractivity contribution < 1.29 is 0 Å². The van der Waals surface area contributed by atoms with Crippen molar-refractivity contribution in [3.8, 4) is 10.7 Å². The molecular weight excluding hydrogens is 334 g/mol. The molecule has 0 aliphatic rings. The number of hydrogen-bond acceptors (Lipinski definition) is 6. The Morgan fingerprint density at radius 1 is 1.08 bits per heavy atom. The van der Waals surface area contributed by atoms with Gasteiger partial charge in [0.15, 0.2) is 11.6 Å². The molecule has 4 heterocycles. The Hall–Kier alpha value is -3.26. The molecule has 0 aliphatic carbocycles. The van der Waals surface area contributed by atoms with Crippen molar-refractivity contribution in [3.05, 3.63) is 47.7 Å². The second-order valence-corrected chi connectivity index (χ2v) is 6.63. The van der Waals surface area contributed by atoms with Gasteiger partial charge in [-0.3, -0.25) is 5.10 Å². The lowest BCUT2D eigenvalue weighted by Gasteiger charge is -2.08. The van der Waals surface area contributed by atoms with Crippen molar-refractivity contribution in [1.29, 1.82) is 0 Å². The normalized spacial score (nSPS) is 11.4. The lowest BCUT2D eigenvalue weighted by atomic mass is 10.2. The molecule has 0 saturated heterocycles. The van der Waals surface area contributed by atoms with Gasteiger partial charge in [0.05, 0.1) is 22.1 Å². The molecule has 0 saturated carbocycles. The van der Waals surface area contributed by atoms with Crippen LogP contribution >= 0.6 is 11.3 Å². The summed E-state index contributed by atoms with van der Waals surface area (Å²) in [6.07, 6.45) is 1.71. The van der Waals surface area contributed by atoms with E-state index in [1.807, 2.05) is 42.6 Å². The SMILES string of the molecule is Cc1nc2ccc(Nc3nc(-c4cccs4)nc4cn[nH]c34)cc2[nH]1. The summed E-state index contributed by atoms with van der Waals surface area (Å²) in [4.78, 5) is 18.0. The Labute approximate surface area is 146 Å². The molecule has 0 fully saturated rings. The van der Waals surface area contributed by atoms with Crippen LogP contribution in [0.5, 0.6) is 0 Å². The minimum Gasteiger partial charge on any atom is -0.342 e. The number of aromatic amines is 2. The molecule has 25 heavy (non-hydrogen) atoms. The van der Waals surface area contributed by atoms with Crippen LogP contribution in [0.2, 0.25) is 0 Å². The largest absolute Gasteiger partial charge is 0.342 e. The van der Waals surface area contributed by atoms with E-state index in [1.54, 1.807) is 17.5 Å². The van der Waals surface area contributed by atoms with Gasteiger partial charge in [-0.2, -0.15) is 5.10 Å².